The van der Waals surface area contributed by atoms with Gasteiger partial charge in [0.2, 0.25) is 5.91 Å². The SMILES string of the molecule is COc1ccc(Cl)cc1NC(=O)CN1CCC(Cn2c(COc3ccccc3)nc3ccccc32)CC1. The number of aromatic nitrogens is 2. The Kier molecular flexibility index (Phi) is 7.92. The van der Waals surface area contributed by atoms with Gasteiger partial charge in [-0.1, -0.05) is 41.9 Å². The van der Waals surface area contributed by atoms with E-state index >= 15 is 0 Å². The highest BCUT2D eigenvalue weighted by molar-refractivity contribution is 6.31. The molecule has 37 heavy (non-hydrogen) atoms. The number of methoxy groups -OCH3 is 1. The highest BCUT2D eigenvalue weighted by atomic mass is 35.5. The van der Waals surface area contributed by atoms with Crippen molar-refractivity contribution in [2.24, 2.45) is 5.92 Å². The van der Waals surface area contributed by atoms with Gasteiger partial charge < -0.3 is 19.4 Å². The number of likely N-dealkylation sites (tertiary alicyclic amines) is 1. The van der Waals surface area contributed by atoms with Crippen molar-refractivity contribution in [1.29, 1.82) is 0 Å². The molecular formula is C29H31ClN4O3. The highest BCUT2D eigenvalue weighted by Gasteiger charge is 2.23. The fourth-order valence-electron chi connectivity index (χ4n) is 4.86. The number of nitrogens with one attached hydrogen (secondary N) is 1. The van der Waals surface area contributed by atoms with Gasteiger partial charge in [0.15, 0.2) is 0 Å². The molecule has 0 bridgehead atoms. The van der Waals surface area contributed by atoms with Gasteiger partial charge in [-0.15, -0.1) is 0 Å². The molecule has 1 saturated heterocycles. The molecule has 1 aliphatic rings. The van der Waals surface area contributed by atoms with Gasteiger partial charge in [-0.2, -0.15) is 0 Å². The molecule has 0 saturated carbocycles. The molecular weight excluding hydrogens is 488 g/mol. The Morgan fingerprint density at radius 2 is 1.81 bits per heavy atom. The van der Waals surface area contributed by atoms with Crippen molar-refractivity contribution in [2.45, 2.75) is 26.0 Å². The van der Waals surface area contributed by atoms with Crippen LogP contribution in [0.1, 0.15) is 18.7 Å². The summed E-state index contributed by atoms with van der Waals surface area (Å²) in [5.74, 6) is 2.79. The van der Waals surface area contributed by atoms with E-state index in [1.165, 1.54) is 0 Å². The van der Waals surface area contributed by atoms with Crippen molar-refractivity contribution in [3.8, 4) is 11.5 Å². The van der Waals surface area contributed by atoms with Gasteiger partial charge in [-0.25, -0.2) is 4.98 Å². The number of carbonyl (C=O) groups is 1. The monoisotopic (exact) mass is 518 g/mol. The molecule has 1 aromatic heterocycles. The molecule has 0 radical (unpaired) electrons. The molecule has 2 heterocycles. The second-order valence-electron chi connectivity index (χ2n) is 9.34. The zero-order valence-corrected chi connectivity index (χ0v) is 21.7. The summed E-state index contributed by atoms with van der Waals surface area (Å²) in [5, 5.41) is 3.49. The van der Waals surface area contributed by atoms with E-state index in [0.717, 1.165) is 55.1 Å². The Balaban J connectivity index is 1.19. The maximum atomic E-state index is 12.7. The normalized spacial score (nSPS) is 14.5. The van der Waals surface area contributed by atoms with Crippen molar-refractivity contribution >= 4 is 34.2 Å². The number of nitrogens with zero attached hydrogens (tertiary/aromatic N) is 3. The second-order valence-corrected chi connectivity index (χ2v) is 9.78. The van der Waals surface area contributed by atoms with E-state index in [0.29, 0.717) is 35.5 Å². The lowest BCUT2D eigenvalue weighted by molar-refractivity contribution is -0.117. The predicted molar refractivity (Wildman–Crippen MR) is 146 cm³/mol. The summed E-state index contributed by atoms with van der Waals surface area (Å²) < 4.78 is 13.7. The molecule has 4 aromatic rings. The van der Waals surface area contributed by atoms with E-state index in [2.05, 4.69) is 26.9 Å². The largest absolute Gasteiger partial charge is 0.495 e. The fraction of sp³-hybridized carbons (Fsp3) is 0.310. The molecule has 1 N–H and O–H groups in total. The van der Waals surface area contributed by atoms with Gasteiger partial charge in [0, 0.05) is 11.6 Å². The van der Waals surface area contributed by atoms with Crippen LogP contribution in [0.15, 0.2) is 72.8 Å². The predicted octanol–water partition coefficient (Wildman–Crippen LogP) is 5.63. The fourth-order valence-corrected chi connectivity index (χ4v) is 5.03. The van der Waals surface area contributed by atoms with Gasteiger partial charge in [0.25, 0.3) is 0 Å². The smallest absolute Gasteiger partial charge is 0.238 e. The molecule has 1 fully saturated rings. The van der Waals surface area contributed by atoms with Crippen LogP contribution in [-0.2, 0) is 17.9 Å². The number of halogens is 1. The number of imidazole rings is 1. The number of hydrogen-bond donors (Lipinski definition) is 1. The molecule has 1 amide bonds. The van der Waals surface area contributed by atoms with Gasteiger partial charge in [0.05, 0.1) is 30.4 Å². The minimum absolute atomic E-state index is 0.0695. The van der Waals surface area contributed by atoms with Gasteiger partial charge in [0.1, 0.15) is 23.9 Å². The first kappa shape index (κ1) is 25.1. The summed E-state index contributed by atoms with van der Waals surface area (Å²) in [7, 11) is 1.58. The summed E-state index contributed by atoms with van der Waals surface area (Å²) in [6.07, 6.45) is 2.03. The van der Waals surface area contributed by atoms with Crippen molar-refractivity contribution in [1.82, 2.24) is 14.5 Å². The molecule has 5 rings (SSSR count). The second kappa shape index (κ2) is 11.7. The third-order valence-electron chi connectivity index (χ3n) is 6.80. The molecule has 7 nitrogen and oxygen atoms in total. The summed E-state index contributed by atoms with van der Waals surface area (Å²) >= 11 is 6.09. The van der Waals surface area contributed by atoms with Crippen LogP contribution in [-0.4, -0.2) is 47.1 Å². The van der Waals surface area contributed by atoms with Crippen molar-refractivity contribution < 1.29 is 14.3 Å². The Labute approximate surface area is 222 Å². The lowest BCUT2D eigenvalue weighted by Crippen LogP contribution is -2.40. The lowest BCUT2D eigenvalue weighted by Gasteiger charge is -2.32. The Morgan fingerprint density at radius 3 is 2.59 bits per heavy atom. The summed E-state index contributed by atoms with van der Waals surface area (Å²) in [5.41, 5.74) is 2.71. The van der Waals surface area contributed by atoms with E-state index in [1.807, 2.05) is 42.5 Å². The van der Waals surface area contributed by atoms with E-state index in [9.17, 15) is 4.79 Å². The molecule has 0 aliphatic carbocycles. The van der Waals surface area contributed by atoms with Crippen LogP contribution >= 0.6 is 11.6 Å². The van der Waals surface area contributed by atoms with Crippen LogP contribution in [0.25, 0.3) is 11.0 Å². The van der Waals surface area contributed by atoms with E-state index in [-0.39, 0.29) is 5.91 Å². The minimum atomic E-state index is -0.0695. The van der Waals surface area contributed by atoms with E-state index < -0.39 is 0 Å². The quantitative estimate of drug-likeness (QED) is 0.311. The molecule has 192 valence electrons. The van der Waals surface area contributed by atoms with Crippen molar-refractivity contribution in [3.05, 3.63) is 83.6 Å². The highest BCUT2D eigenvalue weighted by Crippen LogP contribution is 2.28. The van der Waals surface area contributed by atoms with Crippen molar-refractivity contribution in [2.75, 3.05) is 32.1 Å². The molecule has 1 aliphatic heterocycles. The number of para-hydroxylation sites is 3. The zero-order chi connectivity index (χ0) is 25.6. The van der Waals surface area contributed by atoms with Crippen LogP contribution in [0, 0.1) is 5.92 Å². The number of amides is 1. The Bertz CT molecular complexity index is 1350. The number of fused-ring (bicyclic) bond motifs is 1. The summed E-state index contributed by atoms with van der Waals surface area (Å²) in [6.45, 7) is 3.38. The summed E-state index contributed by atoms with van der Waals surface area (Å²) in [4.78, 5) is 19.8. The first-order valence-corrected chi connectivity index (χ1v) is 12.9. The lowest BCUT2D eigenvalue weighted by atomic mass is 9.96. The van der Waals surface area contributed by atoms with Crippen LogP contribution in [0.3, 0.4) is 0 Å². The van der Waals surface area contributed by atoms with Gasteiger partial charge in [-0.05, 0) is 74.3 Å². The average molecular weight is 519 g/mol. The van der Waals surface area contributed by atoms with Gasteiger partial charge >= 0.3 is 0 Å². The van der Waals surface area contributed by atoms with Crippen LogP contribution in [0.4, 0.5) is 5.69 Å². The van der Waals surface area contributed by atoms with Crippen LogP contribution in [0.5, 0.6) is 11.5 Å². The van der Waals surface area contributed by atoms with Crippen molar-refractivity contribution in [3.63, 3.8) is 0 Å². The maximum Gasteiger partial charge on any atom is 0.238 e. The van der Waals surface area contributed by atoms with Crippen LogP contribution < -0.4 is 14.8 Å². The minimum Gasteiger partial charge on any atom is -0.495 e. The summed E-state index contributed by atoms with van der Waals surface area (Å²) in [6, 6.07) is 23.3. The van der Waals surface area contributed by atoms with Crippen LogP contribution in [0.2, 0.25) is 5.02 Å². The molecule has 0 atom stereocenters. The first-order valence-electron chi connectivity index (χ1n) is 12.6. The molecule has 0 unspecified atom stereocenters. The zero-order valence-electron chi connectivity index (χ0n) is 20.9. The number of carbonyl (C=O) groups excluding carboxylic acids is 1. The van der Waals surface area contributed by atoms with E-state index in [4.69, 9.17) is 26.1 Å². The Morgan fingerprint density at radius 1 is 1.05 bits per heavy atom. The number of benzene rings is 3. The Hall–Kier alpha value is -3.55. The number of ether oxygens (including phenoxy) is 2. The van der Waals surface area contributed by atoms with E-state index in [1.54, 1.807) is 25.3 Å². The molecule has 0 spiro atoms. The number of piperidine rings is 1. The topological polar surface area (TPSA) is 68.6 Å². The molecule has 8 heteroatoms. The third kappa shape index (κ3) is 6.24. The van der Waals surface area contributed by atoms with Gasteiger partial charge in [-0.3, -0.25) is 9.69 Å². The average Bonchev–Trinajstić information content (AvgIpc) is 3.26. The third-order valence-corrected chi connectivity index (χ3v) is 7.03. The molecule has 3 aromatic carbocycles. The first-order chi connectivity index (χ1) is 18.1. The number of hydrogen-bond acceptors (Lipinski definition) is 5. The maximum absolute atomic E-state index is 12.7. The standard InChI is InChI=1S/C29H31ClN4O3/c1-36-27-12-11-22(30)17-25(27)32-29(35)19-33-15-13-21(14-16-33)18-34-26-10-6-5-9-24(26)31-28(34)20-37-23-7-3-2-4-8-23/h2-12,17,21H,13-16,18-20H2,1H3,(H,32,35). The number of rotatable bonds is 9. The number of anilines is 1.